The highest BCUT2D eigenvalue weighted by Crippen LogP contribution is 2.24. The van der Waals surface area contributed by atoms with Crippen molar-refractivity contribution in [2.45, 2.75) is 26.7 Å². The van der Waals surface area contributed by atoms with Crippen molar-refractivity contribution in [2.24, 2.45) is 0 Å². The highest BCUT2D eigenvalue weighted by Gasteiger charge is 2.10. The average molecular weight is 262 g/mol. The molecule has 1 heterocycles. The van der Waals surface area contributed by atoms with Gasteiger partial charge in [0.05, 0.1) is 7.11 Å². The molecule has 1 N–H and O–H groups in total. The van der Waals surface area contributed by atoms with Crippen molar-refractivity contribution >= 4 is 0 Å². The molecular weight excluding hydrogens is 236 g/mol. The maximum absolute atomic E-state index is 5.50. The van der Waals surface area contributed by atoms with Gasteiger partial charge in [-0.25, -0.2) is 0 Å². The minimum atomic E-state index is 1.04. The fraction of sp³-hybridized carbons (Fsp3) is 0.625. The predicted molar refractivity (Wildman–Crippen MR) is 80.1 cm³/mol. The number of methoxy groups -OCH3 is 1. The second-order valence-electron chi connectivity index (χ2n) is 5.44. The van der Waals surface area contributed by atoms with Gasteiger partial charge in [0, 0.05) is 26.2 Å². The molecule has 0 spiro atoms. The van der Waals surface area contributed by atoms with Crippen LogP contribution in [0, 0.1) is 13.8 Å². The van der Waals surface area contributed by atoms with Crippen LogP contribution in [0.15, 0.2) is 12.1 Å². The SMILES string of the molecule is COc1cc(C)c(C)cc1CCCN1CCNCC1. The molecule has 1 aliphatic heterocycles. The normalized spacial score (nSPS) is 16.6. The largest absolute Gasteiger partial charge is 0.496 e. The molecule has 0 amide bonds. The molecule has 1 aliphatic rings. The molecule has 0 unspecified atom stereocenters. The van der Waals surface area contributed by atoms with Crippen LogP contribution >= 0.6 is 0 Å². The van der Waals surface area contributed by atoms with Crippen LogP contribution in [0.3, 0.4) is 0 Å². The molecule has 1 saturated heterocycles. The zero-order valence-electron chi connectivity index (χ0n) is 12.5. The maximum atomic E-state index is 5.50. The number of benzene rings is 1. The Morgan fingerprint density at radius 2 is 1.84 bits per heavy atom. The van der Waals surface area contributed by atoms with Crippen molar-refractivity contribution in [3.05, 3.63) is 28.8 Å². The zero-order chi connectivity index (χ0) is 13.7. The van der Waals surface area contributed by atoms with Crippen LogP contribution in [-0.4, -0.2) is 44.7 Å². The summed E-state index contributed by atoms with van der Waals surface area (Å²) in [5, 5.41) is 3.39. The van der Waals surface area contributed by atoms with Gasteiger partial charge >= 0.3 is 0 Å². The zero-order valence-corrected chi connectivity index (χ0v) is 12.5. The molecule has 3 nitrogen and oxygen atoms in total. The fourth-order valence-electron chi connectivity index (χ4n) is 2.66. The van der Waals surface area contributed by atoms with Crippen LogP contribution in [0.5, 0.6) is 5.75 Å². The van der Waals surface area contributed by atoms with Crippen molar-refractivity contribution < 1.29 is 4.74 Å². The van der Waals surface area contributed by atoms with Crippen LogP contribution in [0.2, 0.25) is 0 Å². The van der Waals surface area contributed by atoms with Crippen LogP contribution in [0.1, 0.15) is 23.1 Å². The summed E-state index contributed by atoms with van der Waals surface area (Å²) in [5.74, 6) is 1.04. The van der Waals surface area contributed by atoms with Gasteiger partial charge in [0.2, 0.25) is 0 Å². The smallest absolute Gasteiger partial charge is 0.122 e. The minimum absolute atomic E-state index is 1.04. The topological polar surface area (TPSA) is 24.5 Å². The lowest BCUT2D eigenvalue weighted by Crippen LogP contribution is -2.43. The summed E-state index contributed by atoms with van der Waals surface area (Å²) < 4.78 is 5.50. The Bertz CT molecular complexity index is 411. The van der Waals surface area contributed by atoms with E-state index in [0.717, 1.165) is 25.3 Å². The van der Waals surface area contributed by atoms with E-state index in [2.05, 4.69) is 36.2 Å². The Labute approximate surface area is 116 Å². The lowest BCUT2D eigenvalue weighted by Gasteiger charge is -2.27. The summed E-state index contributed by atoms with van der Waals surface area (Å²) in [6.45, 7) is 10.1. The monoisotopic (exact) mass is 262 g/mol. The molecule has 2 rings (SSSR count). The van der Waals surface area contributed by atoms with E-state index in [9.17, 15) is 0 Å². The number of hydrogen-bond donors (Lipinski definition) is 1. The van der Waals surface area contributed by atoms with E-state index in [4.69, 9.17) is 4.74 Å². The van der Waals surface area contributed by atoms with Crippen LogP contribution in [0.25, 0.3) is 0 Å². The molecule has 0 saturated carbocycles. The number of nitrogens with one attached hydrogen (secondary N) is 1. The van der Waals surface area contributed by atoms with Crippen molar-refractivity contribution in [3.63, 3.8) is 0 Å². The summed E-state index contributed by atoms with van der Waals surface area (Å²) in [7, 11) is 1.77. The third-order valence-electron chi connectivity index (χ3n) is 4.03. The molecule has 3 heteroatoms. The highest BCUT2D eigenvalue weighted by atomic mass is 16.5. The van der Waals surface area contributed by atoms with Gasteiger partial charge in [-0.1, -0.05) is 6.07 Å². The summed E-state index contributed by atoms with van der Waals surface area (Å²) in [6, 6.07) is 4.45. The van der Waals surface area contributed by atoms with Gasteiger partial charge in [0.15, 0.2) is 0 Å². The molecule has 106 valence electrons. The predicted octanol–water partition coefficient (Wildman–Crippen LogP) is 2.15. The number of rotatable bonds is 5. The number of piperazine rings is 1. The fourth-order valence-corrected chi connectivity index (χ4v) is 2.66. The second-order valence-corrected chi connectivity index (χ2v) is 5.44. The maximum Gasteiger partial charge on any atom is 0.122 e. The lowest BCUT2D eigenvalue weighted by atomic mass is 10.0. The molecule has 1 aromatic rings. The highest BCUT2D eigenvalue weighted by molar-refractivity contribution is 5.41. The van der Waals surface area contributed by atoms with Gasteiger partial charge in [-0.3, -0.25) is 0 Å². The van der Waals surface area contributed by atoms with Crippen molar-refractivity contribution in [3.8, 4) is 5.75 Å². The Kier molecular flexibility index (Phi) is 5.23. The third-order valence-corrected chi connectivity index (χ3v) is 4.03. The summed E-state index contributed by atoms with van der Waals surface area (Å²) >= 11 is 0. The van der Waals surface area contributed by atoms with Gasteiger partial charge < -0.3 is 15.0 Å². The molecule has 1 fully saturated rings. The average Bonchev–Trinajstić information content (AvgIpc) is 2.43. The third kappa shape index (κ3) is 3.95. The number of nitrogens with zero attached hydrogens (tertiary/aromatic N) is 1. The van der Waals surface area contributed by atoms with E-state index < -0.39 is 0 Å². The molecule has 19 heavy (non-hydrogen) atoms. The van der Waals surface area contributed by atoms with Crippen molar-refractivity contribution in [1.29, 1.82) is 0 Å². The number of hydrogen-bond acceptors (Lipinski definition) is 3. The van der Waals surface area contributed by atoms with Gasteiger partial charge in [-0.2, -0.15) is 0 Å². The van der Waals surface area contributed by atoms with Crippen LogP contribution < -0.4 is 10.1 Å². The van der Waals surface area contributed by atoms with Crippen molar-refractivity contribution in [2.75, 3.05) is 39.8 Å². The first-order chi connectivity index (χ1) is 9.20. The molecule has 0 aliphatic carbocycles. The summed E-state index contributed by atoms with van der Waals surface area (Å²) in [5.41, 5.74) is 4.02. The molecule has 0 bridgehead atoms. The Morgan fingerprint density at radius 3 is 2.53 bits per heavy atom. The van der Waals surface area contributed by atoms with Gasteiger partial charge in [0.1, 0.15) is 5.75 Å². The van der Waals surface area contributed by atoms with Gasteiger partial charge in [0.25, 0.3) is 0 Å². The Morgan fingerprint density at radius 1 is 1.16 bits per heavy atom. The summed E-state index contributed by atoms with van der Waals surface area (Å²) in [6.07, 6.45) is 2.31. The molecule has 0 aromatic heterocycles. The van der Waals surface area contributed by atoms with Crippen LogP contribution in [-0.2, 0) is 6.42 Å². The molecule has 0 atom stereocenters. The standard InChI is InChI=1S/C16H26N2O/c1-13-11-15(16(19-3)12-14(13)2)5-4-8-18-9-6-17-7-10-18/h11-12,17H,4-10H2,1-3H3. The number of ether oxygens (including phenoxy) is 1. The van der Waals surface area contributed by atoms with E-state index in [1.807, 2.05) is 0 Å². The van der Waals surface area contributed by atoms with E-state index in [-0.39, 0.29) is 0 Å². The Hall–Kier alpha value is -1.06. The van der Waals surface area contributed by atoms with Crippen molar-refractivity contribution in [1.82, 2.24) is 10.2 Å². The first-order valence-electron chi connectivity index (χ1n) is 7.28. The molecular formula is C16H26N2O. The minimum Gasteiger partial charge on any atom is -0.496 e. The van der Waals surface area contributed by atoms with Gasteiger partial charge in [-0.05, 0) is 56.0 Å². The molecule has 1 aromatic carbocycles. The van der Waals surface area contributed by atoms with Crippen LogP contribution in [0.4, 0.5) is 0 Å². The first kappa shape index (κ1) is 14.4. The van der Waals surface area contributed by atoms with E-state index in [1.54, 1.807) is 7.11 Å². The second kappa shape index (κ2) is 6.92. The lowest BCUT2D eigenvalue weighted by molar-refractivity contribution is 0.238. The van der Waals surface area contributed by atoms with Gasteiger partial charge in [-0.15, -0.1) is 0 Å². The number of aryl methyl sites for hydroxylation is 3. The first-order valence-corrected chi connectivity index (χ1v) is 7.28. The molecule has 0 radical (unpaired) electrons. The quantitative estimate of drug-likeness (QED) is 0.880. The van der Waals surface area contributed by atoms with E-state index in [0.29, 0.717) is 0 Å². The Balaban J connectivity index is 1.89. The summed E-state index contributed by atoms with van der Waals surface area (Å²) in [4.78, 5) is 2.55. The van der Waals surface area contributed by atoms with E-state index in [1.165, 1.54) is 42.7 Å². The van der Waals surface area contributed by atoms with E-state index >= 15 is 0 Å².